The molecule has 2 aliphatic rings. The standard InChI is InChI=1S/C22H37N5O/c1-23-22(27-13-10-19(16-27)18-28-3)24-11-7-12-26-15-14-25(2)17-21(26)20-8-5-4-6-9-20/h4-6,8-9,19,21H,7,10-18H2,1-3H3,(H,23,24). The van der Waals surface area contributed by atoms with Crippen LogP contribution in [0.4, 0.5) is 0 Å². The molecule has 0 aromatic heterocycles. The van der Waals surface area contributed by atoms with Gasteiger partial charge in [-0.05, 0) is 25.5 Å². The molecule has 28 heavy (non-hydrogen) atoms. The number of ether oxygens (including phenoxy) is 1. The molecule has 0 bridgehead atoms. The van der Waals surface area contributed by atoms with Gasteiger partial charge in [-0.2, -0.15) is 0 Å². The van der Waals surface area contributed by atoms with Crippen LogP contribution in [-0.2, 0) is 4.74 Å². The molecule has 0 radical (unpaired) electrons. The lowest BCUT2D eigenvalue weighted by Crippen LogP contribution is -2.47. The van der Waals surface area contributed by atoms with E-state index in [2.05, 4.69) is 62.4 Å². The highest BCUT2D eigenvalue weighted by Gasteiger charge is 2.27. The van der Waals surface area contributed by atoms with Gasteiger partial charge in [-0.25, -0.2) is 0 Å². The molecule has 6 nitrogen and oxygen atoms in total. The van der Waals surface area contributed by atoms with Crippen molar-refractivity contribution in [2.45, 2.75) is 18.9 Å². The average Bonchev–Trinajstić information content (AvgIpc) is 3.18. The number of nitrogens with zero attached hydrogens (tertiary/aromatic N) is 4. The third-order valence-electron chi connectivity index (χ3n) is 5.98. The van der Waals surface area contributed by atoms with Crippen molar-refractivity contribution in [3.05, 3.63) is 35.9 Å². The zero-order chi connectivity index (χ0) is 19.8. The molecule has 2 fully saturated rings. The first-order valence-electron chi connectivity index (χ1n) is 10.6. The second-order valence-electron chi connectivity index (χ2n) is 8.11. The van der Waals surface area contributed by atoms with E-state index in [-0.39, 0.29) is 0 Å². The van der Waals surface area contributed by atoms with Gasteiger partial charge in [0.2, 0.25) is 0 Å². The van der Waals surface area contributed by atoms with Crippen LogP contribution in [0.5, 0.6) is 0 Å². The lowest BCUT2D eigenvalue weighted by molar-refractivity contribution is 0.0891. The molecule has 1 N–H and O–H groups in total. The Morgan fingerprint density at radius 1 is 1.18 bits per heavy atom. The van der Waals surface area contributed by atoms with E-state index < -0.39 is 0 Å². The molecule has 2 atom stereocenters. The van der Waals surface area contributed by atoms with Gasteiger partial charge in [0.05, 0.1) is 6.61 Å². The van der Waals surface area contributed by atoms with Crippen LogP contribution in [0, 0.1) is 5.92 Å². The van der Waals surface area contributed by atoms with Crippen molar-refractivity contribution in [2.24, 2.45) is 10.9 Å². The topological polar surface area (TPSA) is 43.3 Å². The molecule has 156 valence electrons. The van der Waals surface area contributed by atoms with Crippen LogP contribution in [0.1, 0.15) is 24.4 Å². The number of aliphatic imine (C=N–C) groups is 1. The summed E-state index contributed by atoms with van der Waals surface area (Å²) in [5.41, 5.74) is 1.43. The van der Waals surface area contributed by atoms with Crippen molar-refractivity contribution in [3.63, 3.8) is 0 Å². The minimum absolute atomic E-state index is 0.493. The first-order valence-corrected chi connectivity index (χ1v) is 10.6. The fraction of sp³-hybridized carbons (Fsp3) is 0.682. The minimum Gasteiger partial charge on any atom is -0.384 e. The maximum atomic E-state index is 5.31. The summed E-state index contributed by atoms with van der Waals surface area (Å²) in [6.07, 6.45) is 2.32. The van der Waals surface area contributed by atoms with E-state index in [4.69, 9.17) is 4.74 Å². The number of likely N-dealkylation sites (N-methyl/N-ethyl adjacent to an activating group) is 1. The van der Waals surface area contributed by atoms with Crippen LogP contribution in [0.25, 0.3) is 0 Å². The van der Waals surface area contributed by atoms with Gasteiger partial charge in [-0.15, -0.1) is 0 Å². The molecule has 2 unspecified atom stereocenters. The van der Waals surface area contributed by atoms with Gasteiger partial charge in [0.1, 0.15) is 0 Å². The normalized spacial score (nSPS) is 24.7. The number of guanidine groups is 1. The molecular formula is C22H37N5O. The van der Waals surface area contributed by atoms with Gasteiger partial charge < -0.3 is 19.9 Å². The number of hydrogen-bond acceptors (Lipinski definition) is 4. The molecule has 6 heteroatoms. The summed E-state index contributed by atoms with van der Waals surface area (Å²) >= 11 is 0. The highest BCUT2D eigenvalue weighted by molar-refractivity contribution is 5.80. The molecule has 0 saturated carbocycles. The first-order chi connectivity index (χ1) is 13.7. The fourth-order valence-electron chi connectivity index (χ4n) is 4.43. The van der Waals surface area contributed by atoms with Crippen LogP contribution in [-0.4, -0.2) is 94.3 Å². The van der Waals surface area contributed by atoms with Crippen molar-refractivity contribution in [1.82, 2.24) is 20.0 Å². The number of piperazine rings is 1. The van der Waals surface area contributed by atoms with E-state index in [1.54, 1.807) is 7.11 Å². The Hall–Kier alpha value is -1.63. The highest BCUT2D eigenvalue weighted by atomic mass is 16.5. The highest BCUT2D eigenvalue weighted by Crippen LogP contribution is 2.24. The van der Waals surface area contributed by atoms with Crippen molar-refractivity contribution >= 4 is 5.96 Å². The van der Waals surface area contributed by atoms with Gasteiger partial charge in [-0.3, -0.25) is 9.89 Å². The molecular weight excluding hydrogens is 350 g/mol. The van der Waals surface area contributed by atoms with Gasteiger partial charge in [0, 0.05) is 71.9 Å². The van der Waals surface area contributed by atoms with Crippen molar-refractivity contribution < 1.29 is 4.74 Å². The van der Waals surface area contributed by atoms with Crippen LogP contribution < -0.4 is 5.32 Å². The Bertz CT molecular complexity index is 608. The zero-order valence-electron chi connectivity index (χ0n) is 17.8. The van der Waals surface area contributed by atoms with E-state index in [0.717, 1.165) is 64.8 Å². The number of benzene rings is 1. The van der Waals surface area contributed by atoms with Crippen LogP contribution in [0.3, 0.4) is 0 Å². The molecule has 2 aliphatic heterocycles. The first kappa shape index (κ1) is 21.1. The molecule has 0 spiro atoms. The number of rotatable bonds is 7. The second-order valence-corrected chi connectivity index (χ2v) is 8.11. The molecule has 1 aromatic rings. The van der Waals surface area contributed by atoms with Gasteiger partial charge in [0.15, 0.2) is 5.96 Å². The Labute approximate surface area is 170 Å². The SMILES string of the molecule is CN=C(NCCCN1CCN(C)CC1c1ccccc1)N1CCC(COC)C1. The Morgan fingerprint density at radius 2 is 2.00 bits per heavy atom. The number of hydrogen-bond donors (Lipinski definition) is 1. The number of nitrogens with one attached hydrogen (secondary N) is 1. The van der Waals surface area contributed by atoms with E-state index >= 15 is 0 Å². The molecule has 1 aromatic carbocycles. The zero-order valence-corrected chi connectivity index (χ0v) is 17.8. The second kappa shape index (κ2) is 10.8. The summed E-state index contributed by atoms with van der Waals surface area (Å²) in [5.74, 6) is 1.66. The molecule has 3 rings (SSSR count). The molecule has 2 saturated heterocycles. The maximum absolute atomic E-state index is 5.31. The Morgan fingerprint density at radius 3 is 2.75 bits per heavy atom. The lowest BCUT2D eigenvalue weighted by atomic mass is 10.0. The molecule has 0 aliphatic carbocycles. The smallest absolute Gasteiger partial charge is 0.193 e. The Balaban J connectivity index is 1.45. The minimum atomic E-state index is 0.493. The monoisotopic (exact) mass is 387 g/mol. The third kappa shape index (κ3) is 5.69. The summed E-state index contributed by atoms with van der Waals surface area (Å²) in [5, 5.41) is 3.58. The van der Waals surface area contributed by atoms with E-state index in [1.807, 2.05) is 7.05 Å². The summed E-state index contributed by atoms with van der Waals surface area (Å²) in [6, 6.07) is 11.4. The van der Waals surface area contributed by atoms with E-state index in [1.165, 1.54) is 12.0 Å². The van der Waals surface area contributed by atoms with Gasteiger partial charge >= 0.3 is 0 Å². The fourth-order valence-corrected chi connectivity index (χ4v) is 4.43. The maximum Gasteiger partial charge on any atom is 0.193 e. The Kier molecular flexibility index (Phi) is 8.13. The molecule has 0 amide bonds. The van der Waals surface area contributed by atoms with Crippen molar-refractivity contribution in [3.8, 4) is 0 Å². The quantitative estimate of drug-likeness (QED) is 0.440. The summed E-state index contributed by atoms with van der Waals surface area (Å²) < 4.78 is 5.31. The third-order valence-corrected chi connectivity index (χ3v) is 5.98. The summed E-state index contributed by atoms with van der Waals surface area (Å²) in [4.78, 5) is 11.9. The average molecular weight is 388 g/mol. The van der Waals surface area contributed by atoms with Crippen molar-refractivity contribution in [2.75, 3.05) is 73.6 Å². The lowest BCUT2D eigenvalue weighted by Gasteiger charge is -2.40. The van der Waals surface area contributed by atoms with Crippen LogP contribution in [0.2, 0.25) is 0 Å². The van der Waals surface area contributed by atoms with Gasteiger partial charge in [0.25, 0.3) is 0 Å². The predicted molar refractivity (Wildman–Crippen MR) is 116 cm³/mol. The van der Waals surface area contributed by atoms with E-state index in [9.17, 15) is 0 Å². The summed E-state index contributed by atoms with van der Waals surface area (Å²) in [7, 11) is 5.90. The van der Waals surface area contributed by atoms with Gasteiger partial charge in [-0.1, -0.05) is 30.3 Å². The van der Waals surface area contributed by atoms with Crippen molar-refractivity contribution in [1.29, 1.82) is 0 Å². The van der Waals surface area contributed by atoms with E-state index in [0.29, 0.717) is 12.0 Å². The predicted octanol–water partition coefficient (Wildman–Crippen LogP) is 1.91. The van der Waals surface area contributed by atoms with Crippen LogP contribution in [0.15, 0.2) is 35.3 Å². The largest absolute Gasteiger partial charge is 0.384 e. The number of likely N-dealkylation sites (tertiary alicyclic amines) is 1. The number of methoxy groups -OCH3 is 1. The molecule has 2 heterocycles. The summed E-state index contributed by atoms with van der Waals surface area (Å²) in [6.45, 7) is 8.42. The van der Waals surface area contributed by atoms with Crippen LogP contribution >= 0.6 is 0 Å².